The maximum atomic E-state index is 12.8. The van der Waals surface area contributed by atoms with Crippen LogP contribution in [0, 0.1) is 0 Å². The smallest absolute Gasteiger partial charge is 0.336 e. The van der Waals surface area contributed by atoms with Crippen LogP contribution < -0.4 is 4.90 Å². The van der Waals surface area contributed by atoms with E-state index in [1.165, 1.54) is 17.2 Å². The number of nitrogens with zero attached hydrogens (tertiary/aromatic N) is 2. The minimum absolute atomic E-state index is 0.124. The number of halogens is 2. The Hall–Kier alpha value is -2.24. The molecule has 1 aliphatic heterocycles. The quantitative estimate of drug-likeness (QED) is 0.904. The second kappa shape index (κ2) is 3.88. The van der Waals surface area contributed by atoms with Crippen molar-refractivity contribution in [3.63, 3.8) is 0 Å². The summed E-state index contributed by atoms with van der Waals surface area (Å²) in [6, 6.07) is 6.32. The minimum atomic E-state index is -2.65. The normalized spacial score (nSPS) is 17.3. The fourth-order valence-corrected chi connectivity index (χ4v) is 2.21. The monoisotopic (exact) mass is 264 g/mol. The Bertz CT molecular complexity index is 665. The first-order valence-corrected chi connectivity index (χ1v) is 5.71. The van der Waals surface area contributed by atoms with E-state index in [1.54, 1.807) is 18.2 Å². The van der Waals surface area contributed by atoms with Crippen molar-refractivity contribution in [2.24, 2.45) is 0 Å². The van der Waals surface area contributed by atoms with Crippen molar-refractivity contribution in [1.29, 1.82) is 0 Å². The summed E-state index contributed by atoms with van der Waals surface area (Å²) in [5.41, 5.74) is 1.25. The molecule has 2 heterocycles. The molecule has 0 unspecified atom stereocenters. The largest absolute Gasteiger partial charge is 0.478 e. The summed E-state index contributed by atoms with van der Waals surface area (Å²) in [5.74, 6) is -3.71. The van der Waals surface area contributed by atoms with Crippen molar-refractivity contribution in [2.75, 3.05) is 18.0 Å². The molecular weight excluding hydrogens is 254 g/mol. The van der Waals surface area contributed by atoms with E-state index in [0.29, 0.717) is 16.6 Å². The summed E-state index contributed by atoms with van der Waals surface area (Å²) >= 11 is 0. The number of alkyl halides is 2. The van der Waals surface area contributed by atoms with Gasteiger partial charge in [0.2, 0.25) is 0 Å². The first kappa shape index (κ1) is 11.8. The Labute approximate surface area is 107 Å². The van der Waals surface area contributed by atoms with E-state index in [4.69, 9.17) is 5.11 Å². The molecule has 1 aliphatic rings. The molecule has 0 saturated carbocycles. The number of pyridine rings is 1. The van der Waals surface area contributed by atoms with Crippen molar-refractivity contribution >= 4 is 22.6 Å². The van der Waals surface area contributed by atoms with Crippen LogP contribution in [0.1, 0.15) is 10.4 Å². The number of aromatic nitrogens is 1. The number of hydrogen-bond acceptors (Lipinski definition) is 3. The number of rotatable bonds is 2. The number of anilines is 1. The zero-order chi connectivity index (χ0) is 13.6. The predicted molar refractivity (Wildman–Crippen MR) is 65.9 cm³/mol. The highest BCUT2D eigenvalue weighted by molar-refractivity contribution is 6.03. The average molecular weight is 264 g/mol. The van der Waals surface area contributed by atoms with Gasteiger partial charge in [0.05, 0.1) is 24.2 Å². The van der Waals surface area contributed by atoms with Crippen LogP contribution in [0.2, 0.25) is 0 Å². The summed E-state index contributed by atoms with van der Waals surface area (Å²) in [7, 11) is 0. The first-order chi connectivity index (χ1) is 8.96. The average Bonchev–Trinajstić information content (AvgIpc) is 2.34. The Morgan fingerprint density at radius 2 is 2.05 bits per heavy atom. The van der Waals surface area contributed by atoms with Crippen LogP contribution in [0.5, 0.6) is 0 Å². The zero-order valence-corrected chi connectivity index (χ0v) is 9.81. The number of hydrogen-bond donors (Lipinski definition) is 1. The van der Waals surface area contributed by atoms with E-state index in [9.17, 15) is 13.6 Å². The molecule has 4 nitrogen and oxygen atoms in total. The second-order valence-electron chi connectivity index (χ2n) is 4.58. The highest BCUT2D eigenvalue weighted by atomic mass is 19.3. The minimum Gasteiger partial charge on any atom is -0.478 e. The first-order valence-electron chi connectivity index (χ1n) is 5.71. The lowest BCUT2D eigenvalue weighted by molar-refractivity contribution is -0.0262. The van der Waals surface area contributed by atoms with Crippen LogP contribution in [0.25, 0.3) is 10.9 Å². The third kappa shape index (κ3) is 1.99. The van der Waals surface area contributed by atoms with Crippen molar-refractivity contribution in [1.82, 2.24) is 4.98 Å². The third-order valence-electron chi connectivity index (χ3n) is 3.17. The van der Waals surface area contributed by atoms with Gasteiger partial charge in [0.15, 0.2) is 0 Å². The number of aromatic carboxylic acids is 1. The predicted octanol–water partition coefficient (Wildman–Crippen LogP) is 2.39. The standard InChI is InChI=1S/C13H10F2N2O2/c14-13(15)6-17(7-13)8-1-2-11-10(5-8)9(12(18)19)3-4-16-11/h1-5H,6-7H2,(H,18,19). The van der Waals surface area contributed by atoms with Gasteiger partial charge in [-0.05, 0) is 24.3 Å². The molecule has 1 saturated heterocycles. The van der Waals surface area contributed by atoms with E-state index < -0.39 is 11.9 Å². The Morgan fingerprint density at radius 1 is 1.32 bits per heavy atom. The summed E-state index contributed by atoms with van der Waals surface area (Å²) in [6.07, 6.45) is 1.42. The number of carbonyl (C=O) groups is 1. The van der Waals surface area contributed by atoms with Crippen molar-refractivity contribution < 1.29 is 18.7 Å². The topological polar surface area (TPSA) is 53.4 Å². The molecule has 6 heteroatoms. The van der Waals surface area contributed by atoms with Gasteiger partial charge in [-0.1, -0.05) is 0 Å². The van der Waals surface area contributed by atoms with Crippen LogP contribution in [0.4, 0.5) is 14.5 Å². The van der Waals surface area contributed by atoms with Crippen LogP contribution in [-0.2, 0) is 0 Å². The molecule has 0 radical (unpaired) electrons. The molecule has 1 aromatic carbocycles. The SMILES string of the molecule is O=C(O)c1ccnc2ccc(N3CC(F)(F)C3)cc12. The van der Waals surface area contributed by atoms with Gasteiger partial charge >= 0.3 is 5.97 Å². The van der Waals surface area contributed by atoms with Gasteiger partial charge in [-0.3, -0.25) is 4.98 Å². The Morgan fingerprint density at radius 3 is 2.68 bits per heavy atom. The van der Waals surface area contributed by atoms with Crippen LogP contribution >= 0.6 is 0 Å². The van der Waals surface area contributed by atoms with Crippen LogP contribution in [0.3, 0.4) is 0 Å². The van der Waals surface area contributed by atoms with Crippen molar-refractivity contribution in [2.45, 2.75) is 5.92 Å². The lowest BCUT2D eigenvalue weighted by Crippen LogP contribution is -2.56. The van der Waals surface area contributed by atoms with Gasteiger partial charge in [0, 0.05) is 17.3 Å². The van der Waals surface area contributed by atoms with Gasteiger partial charge in [-0.15, -0.1) is 0 Å². The number of carboxylic acid groups (broad SMARTS) is 1. The molecule has 1 aromatic heterocycles. The molecule has 0 spiro atoms. The van der Waals surface area contributed by atoms with Crippen LogP contribution in [0.15, 0.2) is 30.5 Å². The molecule has 1 fully saturated rings. The van der Waals surface area contributed by atoms with E-state index in [2.05, 4.69) is 4.98 Å². The van der Waals surface area contributed by atoms with Crippen molar-refractivity contribution in [3.8, 4) is 0 Å². The summed E-state index contributed by atoms with van der Waals surface area (Å²) in [6.45, 7) is -0.664. The molecule has 1 N–H and O–H groups in total. The van der Waals surface area contributed by atoms with Gasteiger partial charge in [-0.25, -0.2) is 13.6 Å². The molecule has 0 aliphatic carbocycles. The molecule has 0 atom stereocenters. The molecule has 0 bridgehead atoms. The number of carboxylic acids is 1. The van der Waals surface area contributed by atoms with E-state index >= 15 is 0 Å². The van der Waals surface area contributed by atoms with Gasteiger partial charge in [0.25, 0.3) is 5.92 Å². The molecule has 19 heavy (non-hydrogen) atoms. The number of benzene rings is 1. The fraction of sp³-hybridized carbons (Fsp3) is 0.231. The van der Waals surface area contributed by atoms with Crippen molar-refractivity contribution in [3.05, 3.63) is 36.0 Å². The molecule has 2 aromatic rings. The lowest BCUT2D eigenvalue weighted by atomic mass is 10.1. The Balaban J connectivity index is 2.05. The van der Waals surface area contributed by atoms with Crippen LogP contribution in [-0.4, -0.2) is 35.1 Å². The summed E-state index contributed by atoms with van der Waals surface area (Å²) < 4.78 is 25.7. The molecule has 3 rings (SSSR count). The van der Waals surface area contributed by atoms with E-state index in [1.807, 2.05) is 0 Å². The van der Waals surface area contributed by atoms with E-state index in [-0.39, 0.29) is 18.7 Å². The maximum absolute atomic E-state index is 12.8. The third-order valence-corrected chi connectivity index (χ3v) is 3.17. The lowest BCUT2D eigenvalue weighted by Gasteiger charge is -2.40. The fourth-order valence-electron chi connectivity index (χ4n) is 2.21. The second-order valence-corrected chi connectivity index (χ2v) is 4.58. The number of fused-ring (bicyclic) bond motifs is 1. The summed E-state index contributed by atoms with van der Waals surface area (Å²) in [5, 5.41) is 9.57. The molecule has 0 amide bonds. The zero-order valence-electron chi connectivity index (χ0n) is 9.81. The highest BCUT2D eigenvalue weighted by Gasteiger charge is 2.43. The van der Waals surface area contributed by atoms with Gasteiger partial charge in [-0.2, -0.15) is 0 Å². The summed E-state index contributed by atoms with van der Waals surface area (Å²) in [4.78, 5) is 16.7. The Kier molecular flexibility index (Phi) is 2.41. The molecular formula is C13H10F2N2O2. The molecule has 98 valence electrons. The van der Waals surface area contributed by atoms with Gasteiger partial charge in [0.1, 0.15) is 0 Å². The van der Waals surface area contributed by atoms with Gasteiger partial charge < -0.3 is 10.0 Å². The maximum Gasteiger partial charge on any atom is 0.336 e. The highest BCUT2D eigenvalue weighted by Crippen LogP contribution is 2.33. The van der Waals surface area contributed by atoms with E-state index in [0.717, 1.165) is 0 Å².